The lowest BCUT2D eigenvalue weighted by Crippen LogP contribution is -2.37. The number of nitrogens with zero attached hydrogens (tertiary/aromatic N) is 2. The molecule has 0 aliphatic heterocycles. The molecule has 1 aromatic heterocycles. The van der Waals surface area contributed by atoms with Crippen molar-refractivity contribution < 1.29 is 13.2 Å². The van der Waals surface area contributed by atoms with Gasteiger partial charge in [-0.2, -0.15) is 0 Å². The fourth-order valence-corrected chi connectivity index (χ4v) is 4.91. The molecule has 2 aromatic rings. The first-order valence-corrected chi connectivity index (χ1v) is 11.3. The Kier molecular flexibility index (Phi) is 6.57. The summed E-state index contributed by atoms with van der Waals surface area (Å²) < 4.78 is 28.4. The second kappa shape index (κ2) is 8.97. The highest BCUT2D eigenvalue weighted by Gasteiger charge is 2.22. The van der Waals surface area contributed by atoms with Crippen LogP contribution in [0.2, 0.25) is 0 Å². The van der Waals surface area contributed by atoms with Gasteiger partial charge in [-0.05, 0) is 56.4 Å². The van der Waals surface area contributed by atoms with Crippen LogP contribution in [0.5, 0.6) is 0 Å². The summed E-state index contributed by atoms with van der Waals surface area (Å²) in [6.07, 6.45) is 3.63. The predicted molar refractivity (Wildman–Crippen MR) is 113 cm³/mol. The molecule has 10 heteroatoms. The lowest BCUT2D eigenvalue weighted by molar-refractivity contribution is -0.114. The third kappa shape index (κ3) is 4.71. The SMILES string of the molecule is CC(=O)Nc1ccc(S(=O)(=O)N(C)CCCn2c3c(c(=O)[nH]c2=O)CCCC3)cc1. The van der Waals surface area contributed by atoms with Crippen molar-refractivity contribution in [1.82, 2.24) is 13.9 Å². The Bertz CT molecular complexity index is 1150. The first kappa shape index (κ1) is 22.0. The molecule has 0 spiro atoms. The van der Waals surface area contributed by atoms with Gasteiger partial charge in [0.1, 0.15) is 0 Å². The minimum Gasteiger partial charge on any atom is -0.326 e. The lowest BCUT2D eigenvalue weighted by atomic mass is 9.97. The molecule has 0 unspecified atom stereocenters. The molecule has 1 aromatic carbocycles. The molecule has 162 valence electrons. The second-order valence-corrected chi connectivity index (χ2v) is 9.47. The van der Waals surface area contributed by atoms with Crippen LogP contribution >= 0.6 is 0 Å². The summed E-state index contributed by atoms with van der Waals surface area (Å²) in [5, 5.41) is 2.59. The number of hydrogen-bond donors (Lipinski definition) is 2. The molecular formula is C20H26N4O5S. The molecule has 1 heterocycles. The van der Waals surface area contributed by atoms with Crippen LogP contribution in [0.1, 0.15) is 37.4 Å². The first-order valence-electron chi connectivity index (χ1n) is 9.89. The van der Waals surface area contributed by atoms with Crippen LogP contribution in [0.3, 0.4) is 0 Å². The molecule has 0 radical (unpaired) electrons. The van der Waals surface area contributed by atoms with Crippen LogP contribution in [-0.2, 0) is 34.2 Å². The van der Waals surface area contributed by atoms with E-state index in [2.05, 4.69) is 10.3 Å². The summed E-state index contributed by atoms with van der Waals surface area (Å²) in [6.45, 7) is 1.93. The van der Waals surface area contributed by atoms with E-state index in [0.717, 1.165) is 18.5 Å². The molecule has 0 fully saturated rings. The number of hydrogen-bond acceptors (Lipinski definition) is 5. The molecule has 30 heavy (non-hydrogen) atoms. The lowest BCUT2D eigenvalue weighted by Gasteiger charge is -2.21. The van der Waals surface area contributed by atoms with Crippen LogP contribution in [0.15, 0.2) is 38.8 Å². The summed E-state index contributed by atoms with van der Waals surface area (Å²) in [5.41, 5.74) is 1.20. The van der Waals surface area contributed by atoms with Gasteiger partial charge in [0.15, 0.2) is 0 Å². The van der Waals surface area contributed by atoms with E-state index in [1.165, 1.54) is 42.5 Å². The number of sulfonamides is 1. The Morgan fingerprint density at radius 1 is 1.17 bits per heavy atom. The molecule has 1 aliphatic rings. The third-order valence-electron chi connectivity index (χ3n) is 5.24. The van der Waals surface area contributed by atoms with E-state index in [1.807, 2.05) is 0 Å². The van der Waals surface area contributed by atoms with Crippen molar-refractivity contribution >= 4 is 21.6 Å². The van der Waals surface area contributed by atoms with E-state index < -0.39 is 15.7 Å². The highest BCUT2D eigenvalue weighted by molar-refractivity contribution is 7.89. The smallest absolute Gasteiger partial charge is 0.326 e. The average Bonchev–Trinajstić information content (AvgIpc) is 2.70. The largest absolute Gasteiger partial charge is 0.328 e. The van der Waals surface area contributed by atoms with Crippen molar-refractivity contribution in [2.45, 2.75) is 50.5 Å². The number of aromatic amines is 1. The van der Waals surface area contributed by atoms with Gasteiger partial charge in [-0.1, -0.05) is 0 Å². The number of aromatic nitrogens is 2. The Morgan fingerprint density at radius 2 is 1.83 bits per heavy atom. The van der Waals surface area contributed by atoms with Gasteiger partial charge in [-0.15, -0.1) is 0 Å². The summed E-state index contributed by atoms with van der Waals surface area (Å²) in [7, 11) is -2.21. The standard InChI is InChI=1S/C20H26N4O5S/c1-14(25)21-15-8-10-16(11-9-15)30(28,29)23(2)12-5-13-24-18-7-4-3-6-17(18)19(26)22-20(24)27/h8-11H,3-7,12-13H2,1-2H3,(H,21,25)(H,22,26,27). The van der Waals surface area contributed by atoms with Crippen LogP contribution in [-0.4, -0.2) is 41.8 Å². The van der Waals surface area contributed by atoms with E-state index in [4.69, 9.17) is 0 Å². The number of H-pyrrole nitrogens is 1. The second-order valence-electron chi connectivity index (χ2n) is 7.43. The quantitative estimate of drug-likeness (QED) is 0.676. The number of nitrogens with one attached hydrogen (secondary N) is 2. The number of rotatable bonds is 7. The van der Waals surface area contributed by atoms with Crippen molar-refractivity contribution in [3.05, 3.63) is 56.4 Å². The van der Waals surface area contributed by atoms with E-state index in [1.54, 1.807) is 4.57 Å². The van der Waals surface area contributed by atoms with Gasteiger partial charge in [-0.3, -0.25) is 19.1 Å². The van der Waals surface area contributed by atoms with Gasteiger partial charge in [0.05, 0.1) is 4.90 Å². The first-order chi connectivity index (χ1) is 14.2. The topological polar surface area (TPSA) is 121 Å². The number of carbonyl (C=O) groups excluding carboxylic acids is 1. The molecule has 1 amide bonds. The van der Waals surface area contributed by atoms with Crippen molar-refractivity contribution in [1.29, 1.82) is 0 Å². The Labute approximate surface area is 174 Å². The van der Waals surface area contributed by atoms with Gasteiger partial charge in [0, 0.05) is 44.0 Å². The van der Waals surface area contributed by atoms with E-state index in [-0.39, 0.29) is 22.9 Å². The molecule has 2 N–H and O–H groups in total. The number of anilines is 1. The van der Waals surface area contributed by atoms with Crippen LogP contribution < -0.4 is 16.6 Å². The summed E-state index contributed by atoms with van der Waals surface area (Å²) in [4.78, 5) is 37.9. The van der Waals surface area contributed by atoms with Crippen molar-refractivity contribution in [2.75, 3.05) is 18.9 Å². The summed E-state index contributed by atoms with van der Waals surface area (Å²) in [5.74, 6) is -0.234. The van der Waals surface area contributed by atoms with Gasteiger partial charge >= 0.3 is 5.69 Å². The maximum atomic E-state index is 12.8. The van der Waals surface area contributed by atoms with Crippen LogP contribution in [0.25, 0.3) is 0 Å². The Morgan fingerprint density at radius 3 is 2.50 bits per heavy atom. The zero-order chi connectivity index (χ0) is 21.9. The molecule has 0 saturated carbocycles. The minimum absolute atomic E-state index is 0.123. The third-order valence-corrected chi connectivity index (χ3v) is 7.11. The van der Waals surface area contributed by atoms with Crippen molar-refractivity contribution in [3.63, 3.8) is 0 Å². The molecule has 3 rings (SSSR count). The number of benzene rings is 1. The van der Waals surface area contributed by atoms with Crippen LogP contribution in [0, 0.1) is 0 Å². The zero-order valence-corrected chi connectivity index (χ0v) is 17.9. The maximum Gasteiger partial charge on any atom is 0.328 e. The molecular weight excluding hydrogens is 408 g/mol. The highest BCUT2D eigenvalue weighted by atomic mass is 32.2. The molecule has 1 aliphatic carbocycles. The fourth-order valence-electron chi connectivity index (χ4n) is 3.70. The van der Waals surface area contributed by atoms with E-state index in [0.29, 0.717) is 37.1 Å². The fraction of sp³-hybridized carbons (Fsp3) is 0.450. The van der Waals surface area contributed by atoms with Crippen molar-refractivity contribution in [2.24, 2.45) is 0 Å². The normalized spacial score (nSPS) is 13.8. The maximum absolute atomic E-state index is 12.8. The van der Waals surface area contributed by atoms with Crippen molar-refractivity contribution in [3.8, 4) is 0 Å². The monoisotopic (exact) mass is 434 g/mol. The minimum atomic E-state index is -3.70. The average molecular weight is 435 g/mol. The number of fused-ring (bicyclic) bond motifs is 1. The summed E-state index contributed by atoms with van der Waals surface area (Å²) in [6, 6.07) is 5.96. The van der Waals surface area contributed by atoms with Gasteiger partial charge in [0.2, 0.25) is 15.9 Å². The van der Waals surface area contributed by atoms with Crippen LogP contribution in [0.4, 0.5) is 5.69 Å². The Balaban J connectivity index is 1.69. The van der Waals surface area contributed by atoms with Gasteiger partial charge in [-0.25, -0.2) is 17.5 Å². The molecule has 9 nitrogen and oxygen atoms in total. The van der Waals surface area contributed by atoms with E-state index in [9.17, 15) is 22.8 Å². The van der Waals surface area contributed by atoms with E-state index >= 15 is 0 Å². The van der Waals surface area contributed by atoms with Gasteiger partial charge < -0.3 is 5.32 Å². The molecule has 0 atom stereocenters. The number of carbonyl (C=O) groups is 1. The van der Waals surface area contributed by atoms with Gasteiger partial charge in [0.25, 0.3) is 5.56 Å². The highest BCUT2D eigenvalue weighted by Crippen LogP contribution is 2.19. The Hall–Kier alpha value is -2.72. The molecule has 0 bridgehead atoms. The zero-order valence-electron chi connectivity index (χ0n) is 17.1. The molecule has 0 saturated heterocycles. The number of amides is 1. The predicted octanol–water partition coefficient (Wildman–Crippen LogP) is 1.08. The summed E-state index contributed by atoms with van der Waals surface area (Å²) >= 11 is 0.